The summed E-state index contributed by atoms with van der Waals surface area (Å²) >= 11 is 0. The third-order valence-electron chi connectivity index (χ3n) is 4.43. The first-order chi connectivity index (χ1) is 10.5. The van der Waals surface area contributed by atoms with E-state index in [1.165, 1.54) is 0 Å². The molecule has 0 spiro atoms. The summed E-state index contributed by atoms with van der Waals surface area (Å²) in [6.07, 6.45) is 2.87. The largest absolute Gasteiger partial charge is 0.496 e. The summed E-state index contributed by atoms with van der Waals surface area (Å²) < 4.78 is 5.37. The van der Waals surface area contributed by atoms with Gasteiger partial charge in [0.1, 0.15) is 5.75 Å². The molecule has 0 heterocycles. The van der Waals surface area contributed by atoms with Gasteiger partial charge in [-0.05, 0) is 38.2 Å². The topological polar surface area (TPSA) is 70.6 Å². The third-order valence-corrected chi connectivity index (χ3v) is 4.43. The number of nitrogens with one attached hydrogen (secondary N) is 2. The highest BCUT2D eigenvalue weighted by Gasteiger charge is 2.42. The van der Waals surface area contributed by atoms with Crippen LogP contribution in [0, 0.1) is 5.92 Å². The zero-order valence-electron chi connectivity index (χ0n) is 13.6. The molecule has 122 valence electrons. The molecule has 3 N–H and O–H groups in total. The summed E-state index contributed by atoms with van der Waals surface area (Å²) in [4.78, 5) is 12.3. The molecule has 1 fully saturated rings. The van der Waals surface area contributed by atoms with E-state index in [1.807, 2.05) is 38.1 Å². The lowest BCUT2D eigenvalue weighted by Gasteiger charge is -2.30. The summed E-state index contributed by atoms with van der Waals surface area (Å²) in [6, 6.07) is 7.31. The van der Waals surface area contributed by atoms with Crippen molar-refractivity contribution in [1.29, 1.82) is 0 Å². The lowest BCUT2D eigenvalue weighted by molar-refractivity contribution is 0.154. The number of methoxy groups -OCH3 is 1. The van der Waals surface area contributed by atoms with E-state index in [9.17, 15) is 9.90 Å². The molecule has 2 amide bonds. The number of aliphatic hydroxyl groups is 1. The van der Waals surface area contributed by atoms with Gasteiger partial charge >= 0.3 is 6.03 Å². The molecule has 0 saturated heterocycles. The molecule has 5 heteroatoms. The van der Waals surface area contributed by atoms with E-state index in [4.69, 9.17) is 4.74 Å². The van der Waals surface area contributed by atoms with Crippen LogP contribution in [0.5, 0.6) is 5.75 Å². The fourth-order valence-corrected chi connectivity index (χ4v) is 2.80. The lowest BCUT2D eigenvalue weighted by atomic mass is 9.97. The summed E-state index contributed by atoms with van der Waals surface area (Å²) in [5.41, 5.74) is 0.420. The van der Waals surface area contributed by atoms with Gasteiger partial charge in [-0.2, -0.15) is 0 Å². The zero-order chi connectivity index (χ0) is 16.2. The number of urea groups is 1. The van der Waals surface area contributed by atoms with E-state index in [2.05, 4.69) is 10.6 Å². The molecule has 5 nitrogen and oxygen atoms in total. The summed E-state index contributed by atoms with van der Waals surface area (Å²) in [5.74, 6) is 1.14. The predicted octanol–water partition coefficient (Wildman–Crippen LogP) is 2.61. The van der Waals surface area contributed by atoms with E-state index in [0.717, 1.165) is 30.6 Å². The summed E-state index contributed by atoms with van der Waals surface area (Å²) in [7, 11) is 1.63. The average Bonchev–Trinajstić information content (AvgIpc) is 3.37. The second-order valence-electron chi connectivity index (χ2n) is 6.15. The van der Waals surface area contributed by atoms with Crippen LogP contribution < -0.4 is 15.4 Å². The van der Waals surface area contributed by atoms with Gasteiger partial charge < -0.3 is 20.5 Å². The van der Waals surface area contributed by atoms with Gasteiger partial charge in [-0.15, -0.1) is 0 Å². The molecule has 0 radical (unpaired) electrons. The van der Waals surface area contributed by atoms with Crippen LogP contribution in [0.15, 0.2) is 24.3 Å². The zero-order valence-corrected chi connectivity index (χ0v) is 13.6. The van der Waals surface area contributed by atoms with Crippen molar-refractivity contribution in [3.8, 4) is 5.75 Å². The van der Waals surface area contributed by atoms with Gasteiger partial charge in [0.05, 0.1) is 25.3 Å². The maximum absolute atomic E-state index is 12.3. The Morgan fingerprint density at radius 1 is 1.45 bits per heavy atom. The Morgan fingerprint density at radius 3 is 2.68 bits per heavy atom. The molecule has 0 unspecified atom stereocenters. The molecule has 22 heavy (non-hydrogen) atoms. The molecule has 1 aromatic rings. The Labute approximate surface area is 132 Å². The monoisotopic (exact) mass is 306 g/mol. The number of aliphatic hydroxyl groups excluding tert-OH is 1. The molecule has 1 aliphatic rings. The van der Waals surface area contributed by atoms with Crippen LogP contribution in [-0.4, -0.2) is 30.4 Å². The van der Waals surface area contributed by atoms with Crippen molar-refractivity contribution in [1.82, 2.24) is 10.6 Å². The second-order valence-corrected chi connectivity index (χ2v) is 6.15. The minimum absolute atomic E-state index is 0.0451. The minimum atomic E-state index is -0.539. The van der Waals surface area contributed by atoms with Crippen LogP contribution in [0.25, 0.3) is 0 Å². The number of hydrogen-bond acceptors (Lipinski definition) is 3. The maximum Gasteiger partial charge on any atom is 0.315 e. The van der Waals surface area contributed by atoms with Gasteiger partial charge in [-0.1, -0.05) is 25.1 Å². The van der Waals surface area contributed by atoms with Gasteiger partial charge in [-0.25, -0.2) is 4.79 Å². The maximum atomic E-state index is 12.3. The Kier molecular flexibility index (Phi) is 5.29. The van der Waals surface area contributed by atoms with Gasteiger partial charge in [-0.3, -0.25) is 0 Å². The summed E-state index contributed by atoms with van der Waals surface area (Å²) in [5, 5.41) is 15.5. The molecule has 1 aromatic carbocycles. The first-order valence-electron chi connectivity index (χ1n) is 7.86. The number of carbonyl (C=O) groups excluding carboxylic acids is 1. The number of ether oxygens (including phenoxy) is 1. The molecule has 0 aliphatic heterocycles. The van der Waals surface area contributed by atoms with Crippen molar-refractivity contribution in [3.63, 3.8) is 0 Å². The molecule has 2 atom stereocenters. The predicted molar refractivity (Wildman–Crippen MR) is 85.9 cm³/mol. The number of amides is 2. The van der Waals surface area contributed by atoms with Crippen LogP contribution in [0.4, 0.5) is 4.79 Å². The van der Waals surface area contributed by atoms with Crippen molar-refractivity contribution in [2.45, 2.75) is 44.7 Å². The highest BCUT2D eigenvalue weighted by molar-refractivity contribution is 5.75. The third kappa shape index (κ3) is 3.71. The average molecular weight is 306 g/mol. The molecule has 1 saturated carbocycles. The Bertz CT molecular complexity index is 516. The molecular formula is C17H26N2O3. The lowest BCUT2D eigenvalue weighted by Crippen LogP contribution is -2.54. The van der Waals surface area contributed by atoms with E-state index >= 15 is 0 Å². The molecule has 1 aliphatic carbocycles. The smallest absolute Gasteiger partial charge is 0.315 e. The quantitative estimate of drug-likeness (QED) is 0.725. The van der Waals surface area contributed by atoms with Crippen LogP contribution in [-0.2, 0) is 0 Å². The van der Waals surface area contributed by atoms with Crippen molar-refractivity contribution in [2.24, 2.45) is 5.92 Å². The van der Waals surface area contributed by atoms with E-state index in [-0.39, 0.29) is 18.7 Å². The van der Waals surface area contributed by atoms with Crippen molar-refractivity contribution < 1.29 is 14.6 Å². The highest BCUT2D eigenvalue weighted by Crippen LogP contribution is 2.39. The highest BCUT2D eigenvalue weighted by atomic mass is 16.5. The number of carbonyl (C=O) groups is 1. The first-order valence-corrected chi connectivity index (χ1v) is 7.86. The van der Waals surface area contributed by atoms with Gasteiger partial charge in [0, 0.05) is 5.56 Å². The van der Waals surface area contributed by atoms with Crippen molar-refractivity contribution in [2.75, 3.05) is 13.7 Å². The van der Waals surface area contributed by atoms with Crippen LogP contribution in [0.3, 0.4) is 0 Å². The fraction of sp³-hybridized carbons (Fsp3) is 0.588. The van der Waals surface area contributed by atoms with Crippen LogP contribution >= 0.6 is 0 Å². The normalized spacial score (nSPS) is 18.2. The van der Waals surface area contributed by atoms with E-state index < -0.39 is 5.54 Å². The first kappa shape index (κ1) is 16.6. The SMILES string of the molecule is CC[C@H](NC(=O)N[C@@](C)(CO)C1CC1)c1ccccc1OC. The van der Waals surface area contributed by atoms with Gasteiger partial charge in [0.2, 0.25) is 0 Å². The molecule has 0 bridgehead atoms. The molecule has 0 aromatic heterocycles. The number of para-hydroxylation sites is 1. The Hall–Kier alpha value is -1.75. The number of rotatable bonds is 7. The van der Waals surface area contributed by atoms with Crippen molar-refractivity contribution in [3.05, 3.63) is 29.8 Å². The number of hydrogen-bond donors (Lipinski definition) is 3. The van der Waals surface area contributed by atoms with E-state index in [0.29, 0.717) is 5.92 Å². The minimum Gasteiger partial charge on any atom is -0.496 e. The second kappa shape index (κ2) is 7.01. The summed E-state index contributed by atoms with van der Waals surface area (Å²) in [6.45, 7) is 3.87. The Balaban J connectivity index is 2.05. The van der Waals surface area contributed by atoms with Crippen LogP contribution in [0.1, 0.15) is 44.7 Å². The standard InChI is InChI=1S/C17H26N2O3/c1-4-14(13-7-5-6-8-15(13)22-3)18-16(21)19-17(2,11-20)12-9-10-12/h5-8,12,14,20H,4,9-11H2,1-3H3,(H2,18,19,21)/t14-,17-/m0/s1. The Morgan fingerprint density at radius 2 is 2.14 bits per heavy atom. The van der Waals surface area contributed by atoms with Gasteiger partial charge in [0.15, 0.2) is 0 Å². The van der Waals surface area contributed by atoms with Crippen molar-refractivity contribution >= 4 is 6.03 Å². The van der Waals surface area contributed by atoms with Crippen LogP contribution in [0.2, 0.25) is 0 Å². The fourth-order valence-electron chi connectivity index (χ4n) is 2.80. The molecule has 2 rings (SSSR count). The molecular weight excluding hydrogens is 280 g/mol. The number of benzene rings is 1. The van der Waals surface area contributed by atoms with Gasteiger partial charge in [0.25, 0.3) is 0 Å². The van der Waals surface area contributed by atoms with E-state index in [1.54, 1.807) is 7.11 Å².